The highest BCUT2D eigenvalue weighted by Crippen LogP contribution is 2.19. The van der Waals surface area contributed by atoms with Crippen molar-refractivity contribution >= 4 is 11.8 Å². The van der Waals surface area contributed by atoms with E-state index in [0.29, 0.717) is 17.2 Å². The standard InChI is InChI=1S/C19H24N4O3/c1-26-17-5-2-4-16(12-17)19(25)20-13-18(24)22-10-6-15(7-11-22)14-23-9-3-8-21-23/h2-5,8-9,12,15H,6-7,10-11,13-14H2,1H3,(H,20,25). The number of methoxy groups -OCH3 is 1. The Morgan fingerprint density at radius 1 is 1.27 bits per heavy atom. The molecule has 0 saturated carbocycles. The fourth-order valence-electron chi connectivity index (χ4n) is 3.17. The molecule has 0 atom stereocenters. The molecule has 0 unspecified atom stereocenters. The third kappa shape index (κ3) is 4.62. The van der Waals surface area contributed by atoms with Crippen LogP contribution in [0.3, 0.4) is 0 Å². The van der Waals surface area contributed by atoms with Crippen LogP contribution in [0.25, 0.3) is 0 Å². The van der Waals surface area contributed by atoms with Crippen molar-refractivity contribution in [2.24, 2.45) is 5.92 Å². The minimum atomic E-state index is -0.272. The average molecular weight is 356 g/mol. The number of piperidine rings is 1. The van der Waals surface area contributed by atoms with Crippen LogP contribution in [-0.2, 0) is 11.3 Å². The van der Waals surface area contributed by atoms with E-state index in [1.165, 1.54) is 0 Å². The van der Waals surface area contributed by atoms with Gasteiger partial charge >= 0.3 is 0 Å². The first-order valence-electron chi connectivity index (χ1n) is 8.83. The van der Waals surface area contributed by atoms with E-state index in [2.05, 4.69) is 10.4 Å². The van der Waals surface area contributed by atoms with Gasteiger partial charge in [-0.2, -0.15) is 5.10 Å². The van der Waals surface area contributed by atoms with Crippen LogP contribution in [0, 0.1) is 5.92 Å². The van der Waals surface area contributed by atoms with Gasteiger partial charge in [0, 0.05) is 37.6 Å². The highest BCUT2D eigenvalue weighted by Gasteiger charge is 2.23. The number of rotatable bonds is 6. The highest BCUT2D eigenvalue weighted by atomic mass is 16.5. The molecule has 1 N–H and O–H groups in total. The van der Waals surface area contributed by atoms with E-state index in [1.54, 1.807) is 37.6 Å². The van der Waals surface area contributed by atoms with Gasteiger partial charge in [0.2, 0.25) is 5.91 Å². The summed E-state index contributed by atoms with van der Waals surface area (Å²) in [5.74, 6) is 0.832. The number of nitrogens with zero attached hydrogens (tertiary/aromatic N) is 3. The van der Waals surface area contributed by atoms with Crippen molar-refractivity contribution in [3.63, 3.8) is 0 Å². The van der Waals surface area contributed by atoms with E-state index >= 15 is 0 Å². The monoisotopic (exact) mass is 356 g/mol. The molecule has 2 heterocycles. The third-order valence-corrected chi connectivity index (χ3v) is 4.70. The lowest BCUT2D eigenvalue weighted by molar-refractivity contribution is -0.131. The molecular weight excluding hydrogens is 332 g/mol. The predicted octanol–water partition coefficient (Wildman–Crippen LogP) is 1.56. The van der Waals surface area contributed by atoms with Crippen LogP contribution < -0.4 is 10.1 Å². The molecule has 1 aliphatic rings. The van der Waals surface area contributed by atoms with Crippen molar-refractivity contribution in [2.45, 2.75) is 19.4 Å². The van der Waals surface area contributed by atoms with Crippen LogP contribution in [0.1, 0.15) is 23.2 Å². The number of carbonyl (C=O) groups excluding carboxylic acids is 2. The lowest BCUT2D eigenvalue weighted by Crippen LogP contribution is -2.44. The number of ether oxygens (including phenoxy) is 1. The summed E-state index contributed by atoms with van der Waals surface area (Å²) in [7, 11) is 1.55. The molecule has 0 spiro atoms. The normalized spacial score (nSPS) is 14.9. The largest absolute Gasteiger partial charge is 0.497 e. The predicted molar refractivity (Wildman–Crippen MR) is 96.9 cm³/mol. The second-order valence-electron chi connectivity index (χ2n) is 6.47. The lowest BCUT2D eigenvalue weighted by atomic mass is 9.97. The fourth-order valence-corrected chi connectivity index (χ4v) is 3.17. The maximum atomic E-state index is 12.3. The Morgan fingerprint density at radius 2 is 2.08 bits per heavy atom. The Balaban J connectivity index is 1.43. The number of hydrogen-bond acceptors (Lipinski definition) is 4. The van der Waals surface area contributed by atoms with Gasteiger partial charge in [-0.1, -0.05) is 6.07 Å². The lowest BCUT2D eigenvalue weighted by Gasteiger charge is -2.32. The van der Waals surface area contributed by atoms with Crippen molar-refractivity contribution < 1.29 is 14.3 Å². The molecule has 1 fully saturated rings. The van der Waals surface area contributed by atoms with Crippen LogP contribution in [0.4, 0.5) is 0 Å². The van der Waals surface area contributed by atoms with Crippen molar-refractivity contribution in [1.29, 1.82) is 0 Å². The highest BCUT2D eigenvalue weighted by molar-refractivity contribution is 5.96. The molecule has 2 aromatic rings. The number of benzene rings is 1. The molecule has 7 nitrogen and oxygen atoms in total. The first kappa shape index (κ1) is 18.0. The number of aromatic nitrogens is 2. The zero-order valence-electron chi connectivity index (χ0n) is 14.9. The first-order chi connectivity index (χ1) is 12.7. The summed E-state index contributed by atoms with van der Waals surface area (Å²) in [6.07, 6.45) is 5.65. The Kier molecular flexibility index (Phi) is 5.88. The molecule has 3 rings (SSSR count). The Bertz CT molecular complexity index is 737. The molecule has 0 aliphatic carbocycles. The van der Waals surface area contributed by atoms with Gasteiger partial charge in [-0.3, -0.25) is 14.3 Å². The number of amides is 2. The summed E-state index contributed by atoms with van der Waals surface area (Å²) < 4.78 is 7.05. The molecule has 0 bridgehead atoms. The van der Waals surface area contributed by atoms with Gasteiger partial charge in [0.25, 0.3) is 5.91 Å². The Morgan fingerprint density at radius 3 is 2.77 bits per heavy atom. The van der Waals surface area contributed by atoms with Crippen molar-refractivity contribution in [2.75, 3.05) is 26.7 Å². The summed E-state index contributed by atoms with van der Waals surface area (Å²) in [5.41, 5.74) is 0.482. The molecular formula is C19H24N4O3. The van der Waals surface area contributed by atoms with Gasteiger partial charge in [0.15, 0.2) is 0 Å². The van der Waals surface area contributed by atoms with Gasteiger partial charge in [-0.15, -0.1) is 0 Å². The summed E-state index contributed by atoms with van der Waals surface area (Å²) in [6, 6.07) is 8.79. The van der Waals surface area contributed by atoms with Crippen LogP contribution in [0.5, 0.6) is 5.75 Å². The van der Waals surface area contributed by atoms with Gasteiger partial charge in [0.05, 0.1) is 13.7 Å². The second kappa shape index (κ2) is 8.51. The van der Waals surface area contributed by atoms with E-state index in [4.69, 9.17) is 4.74 Å². The minimum absolute atomic E-state index is 0.0138. The topological polar surface area (TPSA) is 76.5 Å². The molecule has 2 amide bonds. The quantitative estimate of drug-likeness (QED) is 0.852. The van der Waals surface area contributed by atoms with Crippen molar-refractivity contribution in [3.05, 3.63) is 48.3 Å². The molecule has 1 aliphatic heterocycles. The maximum absolute atomic E-state index is 12.3. The molecule has 1 aromatic carbocycles. The summed E-state index contributed by atoms with van der Waals surface area (Å²) in [6.45, 7) is 2.35. The van der Waals surface area contributed by atoms with Crippen molar-refractivity contribution in [1.82, 2.24) is 20.0 Å². The summed E-state index contributed by atoms with van der Waals surface area (Å²) in [5, 5.41) is 6.93. The molecule has 26 heavy (non-hydrogen) atoms. The van der Waals surface area contributed by atoms with E-state index in [9.17, 15) is 9.59 Å². The summed E-state index contributed by atoms with van der Waals surface area (Å²) in [4.78, 5) is 26.4. The smallest absolute Gasteiger partial charge is 0.251 e. The second-order valence-corrected chi connectivity index (χ2v) is 6.47. The van der Waals surface area contributed by atoms with E-state index in [-0.39, 0.29) is 18.4 Å². The van der Waals surface area contributed by atoms with Gasteiger partial charge in [-0.25, -0.2) is 0 Å². The zero-order chi connectivity index (χ0) is 18.4. The maximum Gasteiger partial charge on any atom is 0.251 e. The van der Waals surface area contributed by atoms with Gasteiger partial charge in [0.1, 0.15) is 5.75 Å². The molecule has 138 valence electrons. The molecule has 1 saturated heterocycles. The third-order valence-electron chi connectivity index (χ3n) is 4.70. The van der Waals surface area contributed by atoms with Gasteiger partial charge < -0.3 is 15.0 Å². The fraction of sp³-hybridized carbons (Fsp3) is 0.421. The minimum Gasteiger partial charge on any atom is -0.497 e. The number of nitrogens with one attached hydrogen (secondary N) is 1. The van der Waals surface area contributed by atoms with Crippen LogP contribution in [-0.4, -0.2) is 53.2 Å². The summed E-state index contributed by atoms with van der Waals surface area (Å²) >= 11 is 0. The van der Waals surface area contributed by atoms with Crippen LogP contribution in [0.2, 0.25) is 0 Å². The van der Waals surface area contributed by atoms with E-state index in [1.807, 2.05) is 21.8 Å². The number of likely N-dealkylation sites (tertiary alicyclic amines) is 1. The molecule has 0 radical (unpaired) electrons. The molecule has 7 heteroatoms. The van der Waals surface area contributed by atoms with Gasteiger partial charge in [-0.05, 0) is 43.0 Å². The van der Waals surface area contributed by atoms with E-state index < -0.39 is 0 Å². The Labute approximate surface area is 152 Å². The molecule has 1 aromatic heterocycles. The zero-order valence-corrected chi connectivity index (χ0v) is 14.9. The SMILES string of the molecule is COc1cccc(C(=O)NCC(=O)N2CCC(Cn3cccn3)CC2)c1. The first-order valence-corrected chi connectivity index (χ1v) is 8.83. The number of carbonyl (C=O) groups is 2. The van der Waals surface area contributed by atoms with Crippen LogP contribution >= 0.6 is 0 Å². The van der Waals surface area contributed by atoms with Crippen molar-refractivity contribution in [3.8, 4) is 5.75 Å². The van der Waals surface area contributed by atoms with Crippen LogP contribution in [0.15, 0.2) is 42.7 Å². The van der Waals surface area contributed by atoms with E-state index in [0.717, 1.165) is 32.5 Å². The Hall–Kier alpha value is -2.83. The number of hydrogen-bond donors (Lipinski definition) is 1. The average Bonchev–Trinajstić information content (AvgIpc) is 3.19.